The zero-order chi connectivity index (χ0) is 13.9. The Morgan fingerprint density at radius 2 is 1.12 bits per heavy atom. The van der Waals surface area contributed by atoms with E-state index in [1.165, 1.54) is 0 Å². The summed E-state index contributed by atoms with van der Waals surface area (Å²) >= 11 is 0. The molecule has 17 heavy (non-hydrogen) atoms. The van der Waals surface area contributed by atoms with E-state index in [1.54, 1.807) is 0 Å². The summed E-state index contributed by atoms with van der Waals surface area (Å²) in [6, 6.07) is 0. The van der Waals surface area contributed by atoms with Gasteiger partial charge < -0.3 is 0 Å². The maximum atomic E-state index is 13.0. The molecule has 11 heteroatoms. The van der Waals surface area contributed by atoms with Crippen LogP contribution in [-0.4, -0.2) is 36.4 Å². The molecule has 102 valence electrons. The Morgan fingerprint density at radius 1 is 0.706 bits per heavy atom. The SMILES string of the molecule is FC(F)C1(F)OC(F)(F)C(F)(F)C1(F)C(F)F. The third-order valence-electron chi connectivity index (χ3n) is 2.18. The normalized spacial score (nSPS) is 40.2. The van der Waals surface area contributed by atoms with Crippen molar-refractivity contribution in [1.82, 2.24) is 0 Å². The molecule has 0 N–H and O–H groups in total. The zero-order valence-corrected chi connectivity index (χ0v) is 7.34. The Kier molecular flexibility index (Phi) is 2.85. The van der Waals surface area contributed by atoms with Gasteiger partial charge in [-0.1, -0.05) is 0 Å². The number of halogens is 10. The second-order valence-electron chi connectivity index (χ2n) is 3.15. The van der Waals surface area contributed by atoms with Gasteiger partial charge in [-0.3, -0.25) is 4.74 Å². The molecule has 0 bridgehead atoms. The molecule has 1 aliphatic rings. The summed E-state index contributed by atoms with van der Waals surface area (Å²) < 4.78 is 126. The highest BCUT2D eigenvalue weighted by Crippen LogP contribution is 2.63. The van der Waals surface area contributed by atoms with Crippen molar-refractivity contribution in [3.8, 4) is 0 Å². The number of rotatable bonds is 2. The van der Waals surface area contributed by atoms with E-state index in [-0.39, 0.29) is 0 Å². The van der Waals surface area contributed by atoms with Crippen LogP contribution in [0.3, 0.4) is 0 Å². The fourth-order valence-corrected chi connectivity index (χ4v) is 1.24. The number of hydrogen-bond acceptors (Lipinski definition) is 1. The lowest BCUT2D eigenvalue weighted by molar-refractivity contribution is -0.351. The zero-order valence-electron chi connectivity index (χ0n) is 7.34. The van der Waals surface area contributed by atoms with Crippen molar-refractivity contribution < 1.29 is 48.6 Å². The van der Waals surface area contributed by atoms with E-state index < -0.39 is 36.4 Å². The molecule has 0 spiro atoms. The van der Waals surface area contributed by atoms with Crippen molar-refractivity contribution >= 4 is 0 Å². The molecular formula is C6H2F10O. The predicted octanol–water partition coefficient (Wildman–Crippen LogP) is 3.15. The molecule has 0 aromatic heterocycles. The highest BCUT2D eigenvalue weighted by molar-refractivity contribution is 5.16. The molecule has 1 rings (SSSR count). The van der Waals surface area contributed by atoms with Crippen LogP contribution in [0.4, 0.5) is 43.9 Å². The van der Waals surface area contributed by atoms with Gasteiger partial charge in [0.2, 0.25) is 0 Å². The highest BCUT2D eigenvalue weighted by Gasteiger charge is 2.93. The van der Waals surface area contributed by atoms with Crippen molar-refractivity contribution in [2.75, 3.05) is 0 Å². The van der Waals surface area contributed by atoms with E-state index in [9.17, 15) is 43.9 Å². The summed E-state index contributed by atoms with van der Waals surface area (Å²) in [5.41, 5.74) is -6.16. The van der Waals surface area contributed by atoms with Crippen molar-refractivity contribution in [2.45, 2.75) is 36.4 Å². The molecule has 0 aliphatic carbocycles. The minimum absolute atomic E-state index is 2.23. The van der Waals surface area contributed by atoms with Crippen LogP contribution in [-0.2, 0) is 4.74 Å². The van der Waals surface area contributed by atoms with Crippen molar-refractivity contribution in [3.63, 3.8) is 0 Å². The summed E-state index contributed by atoms with van der Waals surface area (Å²) in [6.07, 6.45) is -16.2. The number of ether oxygens (including phenoxy) is 1. The Morgan fingerprint density at radius 3 is 1.35 bits per heavy atom. The first kappa shape index (κ1) is 14.3. The van der Waals surface area contributed by atoms with Gasteiger partial charge >= 0.3 is 23.6 Å². The third kappa shape index (κ3) is 1.37. The summed E-state index contributed by atoms with van der Waals surface area (Å²) in [5.74, 6) is -12.3. The first-order valence-corrected chi connectivity index (χ1v) is 3.74. The lowest BCUT2D eigenvalue weighted by atomic mass is 9.92. The summed E-state index contributed by atoms with van der Waals surface area (Å²) in [6.45, 7) is 0. The van der Waals surface area contributed by atoms with E-state index in [4.69, 9.17) is 0 Å². The highest BCUT2D eigenvalue weighted by atomic mass is 19.3. The quantitative estimate of drug-likeness (QED) is 0.706. The molecule has 1 saturated heterocycles. The lowest BCUT2D eigenvalue weighted by Gasteiger charge is -2.31. The Hall–Kier alpha value is -0.740. The predicted molar refractivity (Wildman–Crippen MR) is 30.7 cm³/mol. The van der Waals surface area contributed by atoms with Crippen LogP contribution in [0.25, 0.3) is 0 Å². The first-order valence-electron chi connectivity index (χ1n) is 3.74. The van der Waals surface area contributed by atoms with E-state index in [0.29, 0.717) is 0 Å². The van der Waals surface area contributed by atoms with E-state index in [2.05, 4.69) is 4.74 Å². The van der Waals surface area contributed by atoms with Crippen molar-refractivity contribution in [2.24, 2.45) is 0 Å². The molecule has 0 aromatic carbocycles. The van der Waals surface area contributed by atoms with E-state index in [0.717, 1.165) is 0 Å². The molecule has 2 unspecified atom stereocenters. The summed E-state index contributed by atoms with van der Waals surface area (Å²) in [5, 5.41) is 0. The van der Waals surface area contributed by atoms with Crippen LogP contribution >= 0.6 is 0 Å². The minimum atomic E-state index is -6.45. The third-order valence-corrected chi connectivity index (χ3v) is 2.18. The van der Waals surface area contributed by atoms with Crippen molar-refractivity contribution in [3.05, 3.63) is 0 Å². The number of hydrogen-bond donors (Lipinski definition) is 0. The average molecular weight is 280 g/mol. The molecule has 1 nitrogen and oxygen atoms in total. The smallest absolute Gasteiger partial charge is 0.269 e. The monoisotopic (exact) mass is 280 g/mol. The molecule has 0 radical (unpaired) electrons. The van der Waals surface area contributed by atoms with Crippen LogP contribution in [0.15, 0.2) is 0 Å². The maximum Gasteiger partial charge on any atom is 0.426 e. The molecule has 1 aliphatic heterocycles. The Bertz CT molecular complexity index is 316. The molecule has 1 fully saturated rings. The van der Waals surface area contributed by atoms with Gasteiger partial charge in [-0.15, -0.1) is 0 Å². The number of alkyl halides is 10. The molecule has 2 atom stereocenters. The second kappa shape index (κ2) is 3.39. The summed E-state index contributed by atoms with van der Waals surface area (Å²) in [4.78, 5) is 0. The topological polar surface area (TPSA) is 9.23 Å². The van der Waals surface area contributed by atoms with Gasteiger partial charge in [0.25, 0.3) is 12.9 Å². The largest absolute Gasteiger partial charge is 0.426 e. The van der Waals surface area contributed by atoms with E-state index >= 15 is 0 Å². The Labute approximate surface area is 86.3 Å². The van der Waals surface area contributed by atoms with E-state index in [1.807, 2.05) is 0 Å². The second-order valence-corrected chi connectivity index (χ2v) is 3.15. The van der Waals surface area contributed by atoms with Crippen LogP contribution in [0.2, 0.25) is 0 Å². The van der Waals surface area contributed by atoms with Gasteiger partial charge in [-0.2, -0.15) is 17.6 Å². The van der Waals surface area contributed by atoms with Crippen LogP contribution < -0.4 is 0 Å². The van der Waals surface area contributed by atoms with Crippen LogP contribution in [0.5, 0.6) is 0 Å². The van der Waals surface area contributed by atoms with Gasteiger partial charge in [0.15, 0.2) is 0 Å². The summed E-state index contributed by atoms with van der Waals surface area (Å²) in [7, 11) is 0. The first-order chi connectivity index (χ1) is 7.34. The van der Waals surface area contributed by atoms with Gasteiger partial charge in [0, 0.05) is 0 Å². The molecule has 0 aromatic rings. The van der Waals surface area contributed by atoms with Crippen molar-refractivity contribution in [1.29, 1.82) is 0 Å². The maximum absolute atomic E-state index is 13.0. The average Bonchev–Trinajstić information content (AvgIpc) is 2.23. The molecule has 0 amide bonds. The molecular weight excluding hydrogens is 278 g/mol. The standard InChI is InChI=1S/C6H2F10O/c7-1(8)3(11)4(12,2(9)10)17-6(15,16)5(3,13)14/h1-2H. The fraction of sp³-hybridized carbons (Fsp3) is 1.00. The molecule has 1 heterocycles. The Balaban J connectivity index is 3.48. The van der Waals surface area contributed by atoms with Gasteiger partial charge in [-0.05, 0) is 0 Å². The van der Waals surface area contributed by atoms with Gasteiger partial charge in [-0.25, -0.2) is 26.3 Å². The minimum Gasteiger partial charge on any atom is -0.269 e. The van der Waals surface area contributed by atoms with Crippen LogP contribution in [0.1, 0.15) is 0 Å². The van der Waals surface area contributed by atoms with Gasteiger partial charge in [0.05, 0.1) is 0 Å². The lowest BCUT2D eigenvalue weighted by Crippen LogP contribution is -2.62. The van der Waals surface area contributed by atoms with Gasteiger partial charge in [0.1, 0.15) is 0 Å². The fourth-order valence-electron chi connectivity index (χ4n) is 1.24. The van der Waals surface area contributed by atoms with Crippen LogP contribution in [0, 0.1) is 0 Å². The molecule has 0 saturated carbocycles.